The third-order valence-corrected chi connectivity index (χ3v) is 10.1. The fourth-order valence-corrected chi connectivity index (χ4v) is 8.08. The van der Waals surface area contributed by atoms with E-state index in [-0.39, 0.29) is 16.7 Å². The molecular weight excluding hydrogens is 504 g/mol. The second kappa shape index (κ2) is 9.04. The first-order valence-electron chi connectivity index (χ1n) is 13.6. The van der Waals surface area contributed by atoms with Crippen LogP contribution in [0.4, 0.5) is 0 Å². The Morgan fingerprint density at radius 2 is 1.67 bits per heavy atom. The summed E-state index contributed by atoms with van der Waals surface area (Å²) in [6.07, 6.45) is 3.08. The molecule has 0 spiro atoms. The van der Waals surface area contributed by atoms with Gasteiger partial charge in [0.05, 0.1) is 29.5 Å². The van der Waals surface area contributed by atoms with Crippen LogP contribution in [0.2, 0.25) is 0 Å². The number of nitrogens with two attached hydrogens (primary N) is 1. The van der Waals surface area contributed by atoms with E-state index < -0.39 is 76.4 Å². The Bertz CT molecular complexity index is 1300. The van der Waals surface area contributed by atoms with Crippen LogP contribution in [0.25, 0.3) is 0 Å². The summed E-state index contributed by atoms with van der Waals surface area (Å²) in [7, 11) is 2.94. The molecule has 5 rings (SSSR count). The van der Waals surface area contributed by atoms with Crippen molar-refractivity contribution in [1.29, 1.82) is 0 Å². The van der Waals surface area contributed by atoms with Crippen molar-refractivity contribution in [3.05, 3.63) is 28.8 Å². The molecular formula is C29H36N2O8. The first-order valence-corrected chi connectivity index (χ1v) is 13.6. The number of hydrogen-bond donors (Lipinski definition) is 4. The van der Waals surface area contributed by atoms with Gasteiger partial charge in [-0.25, -0.2) is 0 Å². The fraction of sp³-hybridized carbons (Fsp3) is 0.621. The predicted octanol–water partition coefficient (Wildman–Crippen LogP) is 0.621. The van der Waals surface area contributed by atoms with E-state index in [0.717, 1.165) is 32.1 Å². The number of phenols is 1. The van der Waals surface area contributed by atoms with Crippen LogP contribution in [0.5, 0.6) is 5.75 Å². The Morgan fingerprint density at radius 3 is 2.23 bits per heavy atom. The SMILES string of the molecule is C[C@H]1c2ccc(C3(C)CCCCC3)c(O)c2C(=O)C2C(=O)[C@]3(O)C(=O)C(C(N)=O)C(=O)[C@@H](N(C)C)[C@@H]3[C@@H](O)[C@@H]21. The van der Waals surface area contributed by atoms with E-state index >= 15 is 0 Å². The first-order chi connectivity index (χ1) is 18.2. The minimum absolute atomic E-state index is 0.0365. The van der Waals surface area contributed by atoms with E-state index in [1.165, 1.54) is 19.0 Å². The topological polar surface area (TPSA) is 175 Å². The van der Waals surface area contributed by atoms with Gasteiger partial charge in [0, 0.05) is 11.5 Å². The summed E-state index contributed by atoms with van der Waals surface area (Å²) in [5, 5.41) is 34.9. The number of carbonyl (C=O) groups is 5. The number of hydrogen-bond acceptors (Lipinski definition) is 9. The van der Waals surface area contributed by atoms with Crippen LogP contribution in [0.1, 0.15) is 73.4 Å². The number of ketones is 4. The molecule has 0 aliphatic heterocycles. The summed E-state index contributed by atoms with van der Waals surface area (Å²) in [5.41, 5.74) is 3.04. The van der Waals surface area contributed by atoms with Crippen molar-refractivity contribution in [3.63, 3.8) is 0 Å². The Balaban J connectivity index is 1.68. The third kappa shape index (κ3) is 3.54. The molecule has 1 aromatic rings. The second-order valence-corrected chi connectivity index (χ2v) is 12.4. The highest BCUT2D eigenvalue weighted by atomic mass is 16.3. The van der Waals surface area contributed by atoms with Gasteiger partial charge in [0.1, 0.15) is 5.75 Å². The van der Waals surface area contributed by atoms with Crippen molar-refractivity contribution in [2.45, 2.75) is 75.0 Å². The predicted molar refractivity (Wildman–Crippen MR) is 138 cm³/mol. The van der Waals surface area contributed by atoms with Crippen molar-refractivity contribution < 1.29 is 39.3 Å². The Morgan fingerprint density at radius 1 is 1.05 bits per heavy atom. The van der Waals surface area contributed by atoms with E-state index in [9.17, 15) is 39.3 Å². The minimum Gasteiger partial charge on any atom is -0.507 e. The second-order valence-electron chi connectivity index (χ2n) is 12.4. The molecule has 1 aromatic carbocycles. The molecule has 3 fully saturated rings. The average Bonchev–Trinajstić information content (AvgIpc) is 2.86. The van der Waals surface area contributed by atoms with Crippen molar-refractivity contribution in [3.8, 4) is 5.75 Å². The molecule has 0 bridgehead atoms. The third-order valence-electron chi connectivity index (χ3n) is 10.1. The Hall–Kier alpha value is -2.95. The van der Waals surface area contributed by atoms with E-state index in [1.807, 2.05) is 13.0 Å². The molecule has 10 heteroatoms. The van der Waals surface area contributed by atoms with Gasteiger partial charge in [-0.1, -0.05) is 45.2 Å². The standard InChI is InChI=1S/C29H36N2O8/c1-12-13-8-9-14(28(2)10-6-5-7-11-28)21(32)16(13)22(33)17-15(12)23(34)19-20(31(3)4)24(35)18(27(30)38)26(37)29(19,39)25(17)36/h8-9,12,15,17-20,23,32,34,39H,5-7,10-11H2,1-4H3,(H2,30,38)/t12-,15+,17?,18?,19+,20-,23-,29-/m0/s1. The van der Waals surface area contributed by atoms with E-state index in [4.69, 9.17) is 5.73 Å². The van der Waals surface area contributed by atoms with Crippen LogP contribution < -0.4 is 5.73 Å². The van der Waals surface area contributed by atoms with Gasteiger partial charge in [-0.3, -0.25) is 28.9 Å². The molecule has 8 atom stereocenters. The Labute approximate surface area is 226 Å². The molecule has 4 aliphatic rings. The highest BCUT2D eigenvalue weighted by Crippen LogP contribution is 2.55. The molecule has 0 radical (unpaired) electrons. The van der Waals surface area contributed by atoms with Crippen LogP contribution in [0.15, 0.2) is 12.1 Å². The number of Topliss-reactive ketones (excluding diaryl/α,β-unsaturated/α-hetero) is 4. The van der Waals surface area contributed by atoms with E-state index in [0.29, 0.717) is 11.1 Å². The smallest absolute Gasteiger partial charge is 0.235 e. The van der Waals surface area contributed by atoms with Crippen LogP contribution in [-0.4, -0.2) is 81.1 Å². The lowest BCUT2D eigenvalue weighted by atomic mass is 9.49. The summed E-state index contributed by atoms with van der Waals surface area (Å²) in [6, 6.07) is 2.19. The van der Waals surface area contributed by atoms with Gasteiger partial charge >= 0.3 is 0 Å². The zero-order chi connectivity index (χ0) is 28.8. The zero-order valence-corrected chi connectivity index (χ0v) is 22.6. The zero-order valence-electron chi connectivity index (χ0n) is 22.6. The first kappa shape index (κ1) is 27.6. The quantitative estimate of drug-likeness (QED) is 0.401. The van der Waals surface area contributed by atoms with Crippen LogP contribution in [0, 0.1) is 23.7 Å². The normalized spacial score (nSPS) is 37.8. The summed E-state index contributed by atoms with van der Waals surface area (Å²) in [5.74, 6) is -12.9. The fourth-order valence-electron chi connectivity index (χ4n) is 8.08. The summed E-state index contributed by atoms with van der Waals surface area (Å²) in [6.45, 7) is 3.76. The molecule has 2 unspecified atom stereocenters. The number of amides is 1. The average molecular weight is 541 g/mol. The van der Waals surface area contributed by atoms with Gasteiger partial charge in [0.2, 0.25) is 5.91 Å². The minimum atomic E-state index is -2.99. The van der Waals surface area contributed by atoms with Crippen LogP contribution in [0.3, 0.4) is 0 Å². The highest BCUT2D eigenvalue weighted by Gasteiger charge is 2.73. The lowest BCUT2D eigenvalue weighted by Crippen LogP contribution is -2.77. The maximum absolute atomic E-state index is 14.1. The van der Waals surface area contributed by atoms with Crippen molar-refractivity contribution in [2.75, 3.05) is 14.1 Å². The molecule has 10 nitrogen and oxygen atoms in total. The van der Waals surface area contributed by atoms with E-state index in [2.05, 4.69) is 0 Å². The number of benzene rings is 1. The molecule has 39 heavy (non-hydrogen) atoms. The van der Waals surface area contributed by atoms with E-state index in [1.54, 1.807) is 13.0 Å². The summed E-state index contributed by atoms with van der Waals surface area (Å²) < 4.78 is 0. The molecule has 3 saturated carbocycles. The number of primary amides is 1. The number of phenolic OH excluding ortho intramolecular Hbond substituents is 1. The molecule has 0 saturated heterocycles. The number of aromatic hydroxyl groups is 1. The largest absolute Gasteiger partial charge is 0.507 e. The van der Waals surface area contributed by atoms with Gasteiger partial charge in [-0.2, -0.15) is 0 Å². The van der Waals surface area contributed by atoms with Crippen molar-refractivity contribution in [1.82, 2.24) is 4.90 Å². The van der Waals surface area contributed by atoms with Crippen molar-refractivity contribution >= 4 is 29.0 Å². The molecule has 0 heterocycles. The Kier molecular flexibility index (Phi) is 6.40. The monoisotopic (exact) mass is 540 g/mol. The number of likely N-dealkylation sites (N-methyl/N-ethyl adjacent to an activating group) is 1. The summed E-state index contributed by atoms with van der Waals surface area (Å²) >= 11 is 0. The molecule has 5 N–H and O–H groups in total. The maximum Gasteiger partial charge on any atom is 0.235 e. The highest BCUT2D eigenvalue weighted by molar-refractivity contribution is 6.32. The number of carbonyl (C=O) groups excluding carboxylic acids is 5. The van der Waals surface area contributed by atoms with Gasteiger partial charge in [-0.05, 0) is 43.8 Å². The van der Waals surface area contributed by atoms with Crippen LogP contribution >= 0.6 is 0 Å². The maximum atomic E-state index is 14.1. The number of rotatable bonds is 3. The summed E-state index contributed by atoms with van der Waals surface area (Å²) in [4.78, 5) is 68.3. The van der Waals surface area contributed by atoms with Crippen molar-refractivity contribution in [2.24, 2.45) is 29.4 Å². The number of aliphatic hydroxyl groups excluding tert-OH is 1. The number of nitrogens with zero attached hydrogens (tertiary/aromatic N) is 1. The number of aliphatic hydroxyl groups is 2. The molecule has 4 aliphatic carbocycles. The van der Waals surface area contributed by atoms with Gasteiger partial charge in [0.25, 0.3) is 0 Å². The lowest BCUT2D eigenvalue weighted by Gasteiger charge is -2.56. The van der Waals surface area contributed by atoms with Gasteiger partial charge in [-0.15, -0.1) is 0 Å². The lowest BCUT2D eigenvalue weighted by molar-refractivity contribution is -0.196. The van der Waals surface area contributed by atoms with Crippen LogP contribution in [-0.2, 0) is 24.6 Å². The molecule has 210 valence electrons. The molecule has 1 amide bonds. The van der Waals surface area contributed by atoms with Gasteiger partial charge < -0.3 is 21.1 Å². The van der Waals surface area contributed by atoms with Gasteiger partial charge in [0.15, 0.2) is 34.7 Å². The molecule has 0 aromatic heterocycles. The number of fused-ring (bicyclic) bond motifs is 3.